The predicted molar refractivity (Wildman–Crippen MR) is 82.3 cm³/mol. The smallest absolute Gasteiger partial charge is 0.283 e. The Bertz CT molecular complexity index is 647. The fourth-order valence-corrected chi connectivity index (χ4v) is 2.98. The highest BCUT2D eigenvalue weighted by Crippen LogP contribution is 2.36. The Balaban J connectivity index is 2.37. The first kappa shape index (κ1) is 15.5. The van der Waals surface area contributed by atoms with Crippen LogP contribution in [0.2, 0.25) is 0 Å². The van der Waals surface area contributed by atoms with E-state index in [-0.39, 0.29) is 12.3 Å². The average molecular weight is 304 g/mol. The van der Waals surface area contributed by atoms with Crippen LogP contribution in [-0.4, -0.2) is 17.1 Å². The molecule has 0 saturated heterocycles. The Morgan fingerprint density at radius 3 is 2.67 bits per heavy atom. The maximum absolute atomic E-state index is 11.2. The van der Waals surface area contributed by atoms with Gasteiger partial charge in [-0.3, -0.25) is 10.1 Å². The van der Waals surface area contributed by atoms with Gasteiger partial charge in [0.25, 0.3) is 5.69 Å². The molecule has 2 N–H and O–H groups in total. The lowest BCUT2D eigenvalue weighted by Gasteiger charge is -2.09. The van der Waals surface area contributed by atoms with Crippen molar-refractivity contribution >= 4 is 17.4 Å². The molecule has 0 aliphatic heterocycles. The molecule has 5 nitrogen and oxygen atoms in total. The summed E-state index contributed by atoms with van der Waals surface area (Å²) in [7, 11) is 1.86. The van der Waals surface area contributed by atoms with E-state index in [1.807, 2.05) is 31.3 Å². The molecule has 2 aromatic rings. The highest BCUT2D eigenvalue weighted by molar-refractivity contribution is 7.99. The van der Waals surface area contributed by atoms with Crippen LogP contribution in [0.15, 0.2) is 52.3 Å². The quantitative estimate of drug-likeness (QED) is 0.634. The van der Waals surface area contributed by atoms with E-state index in [4.69, 9.17) is 5.11 Å². The topological polar surface area (TPSA) is 75.4 Å². The molecule has 0 atom stereocenters. The van der Waals surface area contributed by atoms with E-state index in [0.29, 0.717) is 17.0 Å². The zero-order chi connectivity index (χ0) is 15.2. The molecule has 0 aliphatic rings. The zero-order valence-corrected chi connectivity index (χ0v) is 12.4. The Kier molecular flexibility index (Phi) is 5.32. The second-order valence-corrected chi connectivity index (χ2v) is 5.54. The molecule has 2 rings (SSSR count). The van der Waals surface area contributed by atoms with E-state index in [1.54, 1.807) is 12.1 Å². The number of rotatable bonds is 6. The van der Waals surface area contributed by atoms with Gasteiger partial charge in [0.15, 0.2) is 0 Å². The van der Waals surface area contributed by atoms with Gasteiger partial charge < -0.3 is 10.4 Å². The molecular formula is C15H16N2O3S. The predicted octanol–water partition coefficient (Wildman–Crippen LogP) is 2.96. The van der Waals surface area contributed by atoms with E-state index in [0.717, 1.165) is 10.5 Å². The van der Waals surface area contributed by atoms with E-state index in [2.05, 4.69) is 5.32 Å². The van der Waals surface area contributed by atoms with Crippen LogP contribution >= 0.6 is 11.8 Å². The van der Waals surface area contributed by atoms with Crippen LogP contribution in [0.3, 0.4) is 0 Å². The van der Waals surface area contributed by atoms with E-state index < -0.39 is 4.92 Å². The molecule has 0 unspecified atom stereocenters. The summed E-state index contributed by atoms with van der Waals surface area (Å²) in [5.41, 5.74) is 1.64. The van der Waals surface area contributed by atoms with Crippen LogP contribution < -0.4 is 5.32 Å². The minimum absolute atomic E-state index is 0.0193. The lowest BCUT2D eigenvalue weighted by molar-refractivity contribution is -0.387. The van der Waals surface area contributed by atoms with Crippen molar-refractivity contribution in [1.29, 1.82) is 0 Å². The molecule has 110 valence electrons. The summed E-state index contributed by atoms with van der Waals surface area (Å²) in [6.07, 6.45) is 0. The molecule has 2 aromatic carbocycles. The molecule has 21 heavy (non-hydrogen) atoms. The van der Waals surface area contributed by atoms with Crippen molar-refractivity contribution in [1.82, 2.24) is 5.32 Å². The third kappa shape index (κ3) is 3.81. The van der Waals surface area contributed by atoms with Gasteiger partial charge in [-0.15, -0.1) is 0 Å². The van der Waals surface area contributed by atoms with E-state index in [1.165, 1.54) is 17.8 Å². The number of hydrogen-bond acceptors (Lipinski definition) is 5. The van der Waals surface area contributed by atoms with Crippen molar-refractivity contribution in [3.8, 4) is 0 Å². The van der Waals surface area contributed by atoms with Crippen molar-refractivity contribution < 1.29 is 10.0 Å². The van der Waals surface area contributed by atoms with Crippen LogP contribution in [-0.2, 0) is 13.2 Å². The SMILES string of the molecule is CNCc1ccccc1Sc1ccc(CO)cc1[N+](=O)[O-]. The van der Waals surface area contributed by atoms with Gasteiger partial charge in [0.1, 0.15) is 0 Å². The molecule has 0 aliphatic carbocycles. The maximum Gasteiger partial charge on any atom is 0.283 e. The van der Waals surface area contributed by atoms with Gasteiger partial charge in [0, 0.05) is 17.5 Å². The van der Waals surface area contributed by atoms with Crippen LogP contribution in [0.4, 0.5) is 5.69 Å². The van der Waals surface area contributed by atoms with E-state index in [9.17, 15) is 10.1 Å². The molecule has 0 saturated carbocycles. The normalized spacial score (nSPS) is 10.6. The number of nitro groups is 1. The average Bonchev–Trinajstić information content (AvgIpc) is 2.49. The van der Waals surface area contributed by atoms with Crippen LogP contribution in [0.5, 0.6) is 0 Å². The molecule has 0 spiro atoms. The summed E-state index contributed by atoms with van der Waals surface area (Å²) >= 11 is 1.37. The standard InChI is InChI=1S/C15H16N2O3S/c1-16-9-12-4-2-3-5-14(12)21-15-7-6-11(10-18)8-13(15)17(19)20/h2-8,16,18H,9-10H2,1H3. The van der Waals surface area contributed by atoms with Gasteiger partial charge in [-0.05, 0) is 30.3 Å². The third-order valence-corrected chi connectivity index (χ3v) is 4.15. The highest BCUT2D eigenvalue weighted by Gasteiger charge is 2.16. The first-order valence-corrected chi connectivity index (χ1v) is 7.26. The summed E-state index contributed by atoms with van der Waals surface area (Å²) in [5.74, 6) is 0. The Labute approximate surface area is 127 Å². The summed E-state index contributed by atoms with van der Waals surface area (Å²) in [6, 6.07) is 12.6. The van der Waals surface area contributed by atoms with Gasteiger partial charge in [0.2, 0.25) is 0 Å². The van der Waals surface area contributed by atoms with Crippen LogP contribution in [0.25, 0.3) is 0 Å². The van der Waals surface area contributed by atoms with Crippen molar-refractivity contribution in [2.45, 2.75) is 22.9 Å². The molecule has 0 fully saturated rings. The summed E-state index contributed by atoms with van der Waals surface area (Å²) in [5, 5.41) is 23.4. The summed E-state index contributed by atoms with van der Waals surface area (Å²) in [6.45, 7) is 0.494. The van der Waals surface area contributed by atoms with Gasteiger partial charge >= 0.3 is 0 Å². The second kappa shape index (κ2) is 7.21. The number of hydrogen-bond donors (Lipinski definition) is 2. The molecule has 0 aromatic heterocycles. The van der Waals surface area contributed by atoms with Crippen LogP contribution in [0, 0.1) is 10.1 Å². The summed E-state index contributed by atoms with van der Waals surface area (Å²) < 4.78 is 0. The Hall–Kier alpha value is -1.89. The third-order valence-electron chi connectivity index (χ3n) is 2.96. The van der Waals surface area contributed by atoms with Crippen molar-refractivity contribution in [2.24, 2.45) is 0 Å². The van der Waals surface area contributed by atoms with E-state index >= 15 is 0 Å². The zero-order valence-electron chi connectivity index (χ0n) is 11.6. The largest absolute Gasteiger partial charge is 0.392 e. The highest BCUT2D eigenvalue weighted by atomic mass is 32.2. The van der Waals surface area contributed by atoms with Crippen LogP contribution in [0.1, 0.15) is 11.1 Å². The lowest BCUT2D eigenvalue weighted by Crippen LogP contribution is -2.05. The summed E-state index contributed by atoms with van der Waals surface area (Å²) in [4.78, 5) is 12.3. The first-order valence-electron chi connectivity index (χ1n) is 6.44. The van der Waals surface area contributed by atoms with Crippen molar-refractivity contribution in [3.63, 3.8) is 0 Å². The monoisotopic (exact) mass is 304 g/mol. The second-order valence-electron chi connectivity index (χ2n) is 4.46. The number of nitrogens with one attached hydrogen (secondary N) is 1. The van der Waals surface area contributed by atoms with Gasteiger partial charge in [-0.25, -0.2) is 0 Å². The molecule has 0 bridgehead atoms. The maximum atomic E-state index is 11.2. The minimum atomic E-state index is -0.415. The number of nitro benzene ring substituents is 1. The molecular weight excluding hydrogens is 288 g/mol. The molecule has 0 heterocycles. The van der Waals surface area contributed by atoms with Crippen molar-refractivity contribution in [3.05, 3.63) is 63.7 Å². The molecule has 0 amide bonds. The number of aliphatic hydroxyl groups excluding tert-OH is 1. The van der Waals surface area contributed by atoms with Gasteiger partial charge in [-0.1, -0.05) is 36.0 Å². The van der Waals surface area contributed by atoms with Gasteiger partial charge in [0.05, 0.1) is 16.4 Å². The Morgan fingerprint density at radius 1 is 1.24 bits per heavy atom. The fourth-order valence-electron chi connectivity index (χ4n) is 1.95. The number of aliphatic hydroxyl groups is 1. The van der Waals surface area contributed by atoms with Crippen molar-refractivity contribution in [2.75, 3.05) is 7.05 Å². The minimum Gasteiger partial charge on any atom is -0.392 e. The molecule has 6 heteroatoms. The van der Waals surface area contributed by atoms with Gasteiger partial charge in [-0.2, -0.15) is 0 Å². The number of nitrogens with zero attached hydrogens (tertiary/aromatic N) is 1. The molecule has 0 radical (unpaired) electrons. The lowest BCUT2D eigenvalue weighted by atomic mass is 10.2. The first-order chi connectivity index (χ1) is 10.2. The Morgan fingerprint density at radius 2 is 2.00 bits per heavy atom. The fraction of sp³-hybridized carbons (Fsp3) is 0.200. The number of benzene rings is 2.